The molecule has 0 saturated carbocycles. The molecule has 2 nitrogen and oxygen atoms in total. The molecule has 2 aromatic rings. The van der Waals surface area contributed by atoms with Gasteiger partial charge in [-0.25, -0.2) is 0 Å². The fourth-order valence-corrected chi connectivity index (χ4v) is 2.77. The summed E-state index contributed by atoms with van der Waals surface area (Å²) in [5.74, 6) is 1.04. The predicted octanol–water partition coefficient (Wildman–Crippen LogP) is 4.18. The number of aryl methyl sites for hydroxylation is 1. The standard InChI is InChI=1S/C17H23NOS/c1-13(2)18-12-15-7-4-6-14(3)17(15)19-10-9-16-8-5-11-20-16/h4-8,11,13,18H,9-10,12H2,1-3H3. The van der Waals surface area contributed by atoms with Crippen molar-refractivity contribution in [3.63, 3.8) is 0 Å². The molecule has 1 heterocycles. The van der Waals surface area contributed by atoms with Gasteiger partial charge in [0, 0.05) is 29.4 Å². The summed E-state index contributed by atoms with van der Waals surface area (Å²) in [5, 5.41) is 5.57. The van der Waals surface area contributed by atoms with Gasteiger partial charge in [0.2, 0.25) is 0 Å². The lowest BCUT2D eigenvalue weighted by atomic mass is 10.1. The molecule has 0 atom stereocenters. The van der Waals surface area contributed by atoms with Gasteiger partial charge >= 0.3 is 0 Å². The molecular weight excluding hydrogens is 266 g/mol. The highest BCUT2D eigenvalue weighted by Crippen LogP contribution is 2.24. The van der Waals surface area contributed by atoms with Crippen LogP contribution in [0.4, 0.5) is 0 Å². The molecule has 2 rings (SSSR count). The molecule has 0 bridgehead atoms. The quantitative estimate of drug-likeness (QED) is 0.825. The van der Waals surface area contributed by atoms with E-state index in [0.717, 1.165) is 25.3 Å². The molecule has 0 radical (unpaired) electrons. The molecule has 3 heteroatoms. The van der Waals surface area contributed by atoms with E-state index in [9.17, 15) is 0 Å². The van der Waals surface area contributed by atoms with Crippen LogP contribution >= 0.6 is 11.3 Å². The van der Waals surface area contributed by atoms with Crippen molar-refractivity contribution in [3.05, 3.63) is 51.7 Å². The second-order valence-corrected chi connectivity index (χ2v) is 6.31. The summed E-state index contributed by atoms with van der Waals surface area (Å²) < 4.78 is 6.04. The molecule has 0 aliphatic carbocycles. The highest BCUT2D eigenvalue weighted by molar-refractivity contribution is 7.09. The molecule has 1 N–H and O–H groups in total. The second-order valence-electron chi connectivity index (χ2n) is 5.28. The van der Waals surface area contributed by atoms with Crippen LogP contribution in [0.1, 0.15) is 29.9 Å². The Morgan fingerprint density at radius 1 is 1.20 bits per heavy atom. The first kappa shape index (κ1) is 15.1. The molecule has 0 aliphatic rings. The fourth-order valence-electron chi connectivity index (χ4n) is 2.08. The summed E-state index contributed by atoms with van der Waals surface area (Å²) >= 11 is 1.79. The lowest BCUT2D eigenvalue weighted by molar-refractivity contribution is 0.316. The Bertz CT molecular complexity index is 520. The van der Waals surface area contributed by atoms with Crippen LogP contribution < -0.4 is 10.1 Å². The highest BCUT2D eigenvalue weighted by atomic mass is 32.1. The van der Waals surface area contributed by atoms with Crippen molar-refractivity contribution >= 4 is 11.3 Å². The summed E-state index contributed by atoms with van der Waals surface area (Å²) in [6.07, 6.45) is 0.975. The fraction of sp³-hybridized carbons (Fsp3) is 0.412. The van der Waals surface area contributed by atoms with Crippen molar-refractivity contribution in [1.82, 2.24) is 5.32 Å². The van der Waals surface area contributed by atoms with E-state index in [4.69, 9.17) is 4.74 Å². The van der Waals surface area contributed by atoms with Gasteiger partial charge in [0.05, 0.1) is 6.61 Å². The molecule has 1 aromatic carbocycles. The van der Waals surface area contributed by atoms with Gasteiger partial charge in [-0.2, -0.15) is 0 Å². The van der Waals surface area contributed by atoms with Crippen molar-refractivity contribution in [2.24, 2.45) is 0 Å². The number of ether oxygens (including phenoxy) is 1. The van der Waals surface area contributed by atoms with E-state index in [2.05, 4.69) is 61.8 Å². The van der Waals surface area contributed by atoms with Crippen LogP contribution in [0.15, 0.2) is 35.7 Å². The van der Waals surface area contributed by atoms with Crippen molar-refractivity contribution in [3.8, 4) is 5.75 Å². The van der Waals surface area contributed by atoms with Crippen LogP contribution in [0, 0.1) is 6.92 Å². The molecule has 0 fully saturated rings. The van der Waals surface area contributed by atoms with Gasteiger partial charge in [-0.3, -0.25) is 0 Å². The van der Waals surface area contributed by atoms with Gasteiger partial charge in [0.25, 0.3) is 0 Å². The van der Waals surface area contributed by atoms with Crippen LogP contribution in [-0.2, 0) is 13.0 Å². The van der Waals surface area contributed by atoms with Gasteiger partial charge < -0.3 is 10.1 Å². The third-order valence-electron chi connectivity index (χ3n) is 3.17. The lowest BCUT2D eigenvalue weighted by Gasteiger charge is -2.15. The molecule has 0 spiro atoms. The maximum Gasteiger partial charge on any atom is 0.126 e. The molecule has 0 unspecified atom stereocenters. The second kappa shape index (κ2) is 7.46. The monoisotopic (exact) mass is 289 g/mol. The zero-order valence-corrected chi connectivity index (χ0v) is 13.3. The number of rotatable bonds is 7. The van der Waals surface area contributed by atoms with E-state index in [1.807, 2.05) is 0 Å². The first-order valence-electron chi connectivity index (χ1n) is 7.14. The molecule has 108 valence electrons. The first-order valence-corrected chi connectivity index (χ1v) is 8.02. The van der Waals surface area contributed by atoms with E-state index in [1.165, 1.54) is 16.0 Å². The maximum absolute atomic E-state index is 6.04. The maximum atomic E-state index is 6.04. The van der Waals surface area contributed by atoms with E-state index in [0.29, 0.717) is 6.04 Å². The van der Waals surface area contributed by atoms with Crippen LogP contribution in [0.5, 0.6) is 5.75 Å². The Balaban J connectivity index is 1.97. The predicted molar refractivity (Wildman–Crippen MR) is 86.7 cm³/mol. The van der Waals surface area contributed by atoms with Gasteiger partial charge in [-0.15, -0.1) is 11.3 Å². The summed E-state index contributed by atoms with van der Waals surface area (Å²) in [4.78, 5) is 1.38. The van der Waals surface area contributed by atoms with Crippen LogP contribution in [0.25, 0.3) is 0 Å². The molecule has 0 saturated heterocycles. The minimum atomic E-state index is 0.481. The van der Waals surface area contributed by atoms with Crippen LogP contribution in [0.2, 0.25) is 0 Å². The summed E-state index contributed by atoms with van der Waals surface area (Å²) in [6.45, 7) is 8.02. The number of hydrogen-bond acceptors (Lipinski definition) is 3. The van der Waals surface area contributed by atoms with Crippen LogP contribution in [0.3, 0.4) is 0 Å². The number of hydrogen-bond donors (Lipinski definition) is 1. The van der Waals surface area contributed by atoms with Gasteiger partial charge in [-0.1, -0.05) is 38.1 Å². The minimum Gasteiger partial charge on any atom is -0.493 e. The largest absolute Gasteiger partial charge is 0.493 e. The van der Waals surface area contributed by atoms with Gasteiger partial charge in [0.1, 0.15) is 5.75 Å². The average molecular weight is 289 g/mol. The number of benzene rings is 1. The highest BCUT2D eigenvalue weighted by Gasteiger charge is 2.07. The number of nitrogens with one attached hydrogen (secondary N) is 1. The Morgan fingerprint density at radius 3 is 2.75 bits per heavy atom. The molecule has 0 aliphatic heterocycles. The van der Waals surface area contributed by atoms with E-state index >= 15 is 0 Å². The molecule has 20 heavy (non-hydrogen) atoms. The van der Waals surface area contributed by atoms with E-state index in [1.54, 1.807) is 11.3 Å². The van der Waals surface area contributed by atoms with E-state index in [-0.39, 0.29) is 0 Å². The van der Waals surface area contributed by atoms with Crippen molar-refractivity contribution < 1.29 is 4.74 Å². The average Bonchev–Trinajstić information content (AvgIpc) is 2.92. The van der Waals surface area contributed by atoms with Gasteiger partial charge in [0.15, 0.2) is 0 Å². The zero-order valence-electron chi connectivity index (χ0n) is 12.5. The van der Waals surface area contributed by atoms with Crippen molar-refractivity contribution in [2.75, 3.05) is 6.61 Å². The summed E-state index contributed by atoms with van der Waals surface area (Å²) in [6, 6.07) is 11.1. The Morgan fingerprint density at radius 2 is 2.05 bits per heavy atom. The zero-order chi connectivity index (χ0) is 14.4. The topological polar surface area (TPSA) is 21.3 Å². The molecule has 1 aromatic heterocycles. The third-order valence-corrected chi connectivity index (χ3v) is 4.11. The molecular formula is C17H23NOS. The summed E-state index contributed by atoms with van der Waals surface area (Å²) in [5.41, 5.74) is 2.45. The normalized spacial score (nSPS) is 11.0. The molecule has 0 amide bonds. The van der Waals surface area contributed by atoms with Crippen molar-refractivity contribution in [2.45, 2.75) is 39.8 Å². The Hall–Kier alpha value is -1.32. The van der Waals surface area contributed by atoms with Crippen LogP contribution in [-0.4, -0.2) is 12.6 Å². The minimum absolute atomic E-state index is 0.481. The SMILES string of the molecule is Cc1cccc(CNC(C)C)c1OCCc1cccs1. The lowest BCUT2D eigenvalue weighted by Crippen LogP contribution is -2.22. The van der Waals surface area contributed by atoms with Crippen molar-refractivity contribution in [1.29, 1.82) is 0 Å². The smallest absolute Gasteiger partial charge is 0.126 e. The van der Waals surface area contributed by atoms with Gasteiger partial charge in [-0.05, 0) is 23.9 Å². The van der Waals surface area contributed by atoms with E-state index < -0.39 is 0 Å². The summed E-state index contributed by atoms with van der Waals surface area (Å²) in [7, 11) is 0. The Labute approximate surface area is 125 Å². The third kappa shape index (κ3) is 4.36. The number of para-hydroxylation sites is 1. The number of thiophene rings is 1. The first-order chi connectivity index (χ1) is 9.66. The Kier molecular flexibility index (Phi) is 5.62.